The zero-order valence-corrected chi connectivity index (χ0v) is 19.1. The van der Waals surface area contributed by atoms with Crippen molar-refractivity contribution in [3.63, 3.8) is 0 Å². The van der Waals surface area contributed by atoms with Crippen LogP contribution < -0.4 is 10.1 Å². The molecule has 0 amide bonds. The molecule has 0 aliphatic carbocycles. The number of fused-ring (bicyclic) bond motifs is 1. The van der Waals surface area contributed by atoms with Gasteiger partial charge in [-0.3, -0.25) is 9.78 Å². The molecule has 1 atom stereocenters. The van der Waals surface area contributed by atoms with Crippen molar-refractivity contribution in [1.29, 1.82) is 0 Å². The number of nitrogens with zero attached hydrogens (tertiary/aromatic N) is 2. The van der Waals surface area contributed by atoms with E-state index in [-0.39, 0.29) is 11.9 Å². The molecule has 1 aliphatic rings. The standard InChI is InChI=1S/C27H31N3O3/c1-2-32-26(31)19-22(25-7-3-4-15-28-25)18-20-8-12-24(13-9-20)33-17-14-23-11-10-21-6-5-16-29-27(21)30-23/h3-4,7-13,15,22H,2,5-6,14,16-19H2,1H3,(H,29,30)/t22-/m0/s1. The van der Waals surface area contributed by atoms with E-state index in [9.17, 15) is 4.79 Å². The van der Waals surface area contributed by atoms with Gasteiger partial charge in [-0.1, -0.05) is 24.3 Å². The van der Waals surface area contributed by atoms with E-state index in [0.717, 1.165) is 47.9 Å². The van der Waals surface area contributed by atoms with E-state index in [4.69, 9.17) is 14.5 Å². The van der Waals surface area contributed by atoms with E-state index >= 15 is 0 Å². The van der Waals surface area contributed by atoms with E-state index in [1.807, 2.05) is 37.3 Å². The van der Waals surface area contributed by atoms with Gasteiger partial charge in [0, 0.05) is 36.5 Å². The van der Waals surface area contributed by atoms with E-state index in [2.05, 4.69) is 34.6 Å². The van der Waals surface area contributed by atoms with Crippen molar-refractivity contribution in [3.05, 3.63) is 83.3 Å². The van der Waals surface area contributed by atoms with Crippen LogP contribution in [0.4, 0.5) is 5.82 Å². The van der Waals surface area contributed by atoms with Crippen molar-refractivity contribution in [2.75, 3.05) is 25.1 Å². The van der Waals surface area contributed by atoms with Crippen LogP contribution in [0.25, 0.3) is 0 Å². The fraction of sp³-hybridized carbons (Fsp3) is 0.370. The number of ether oxygens (including phenoxy) is 2. The molecule has 0 fully saturated rings. The number of carbonyl (C=O) groups is 1. The number of anilines is 1. The predicted octanol–water partition coefficient (Wildman–Crippen LogP) is 4.74. The lowest BCUT2D eigenvalue weighted by Gasteiger charge is -2.17. The second kappa shape index (κ2) is 11.5. The molecule has 0 radical (unpaired) electrons. The number of pyridine rings is 2. The monoisotopic (exact) mass is 445 g/mol. The van der Waals surface area contributed by atoms with Gasteiger partial charge in [0.1, 0.15) is 11.6 Å². The number of hydrogen-bond acceptors (Lipinski definition) is 6. The number of carbonyl (C=O) groups excluding carboxylic acids is 1. The van der Waals surface area contributed by atoms with Gasteiger partial charge < -0.3 is 14.8 Å². The van der Waals surface area contributed by atoms with Gasteiger partial charge in [0.05, 0.1) is 19.6 Å². The predicted molar refractivity (Wildman–Crippen MR) is 129 cm³/mol. The van der Waals surface area contributed by atoms with Gasteiger partial charge in [-0.05, 0) is 67.6 Å². The summed E-state index contributed by atoms with van der Waals surface area (Å²) in [6.45, 7) is 3.78. The molecule has 4 rings (SSSR count). The quantitative estimate of drug-likeness (QED) is 0.455. The Hall–Kier alpha value is -3.41. The SMILES string of the molecule is CCOC(=O)C[C@H](Cc1ccc(OCCc2ccc3c(n2)NCCC3)cc1)c1ccccn1. The molecule has 2 aromatic heterocycles. The number of benzene rings is 1. The van der Waals surface area contributed by atoms with Crippen LogP contribution in [0.2, 0.25) is 0 Å². The molecule has 33 heavy (non-hydrogen) atoms. The van der Waals surface area contributed by atoms with Gasteiger partial charge in [-0.25, -0.2) is 4.98 Å². The highest BCUT2D eigenvalue weighted by Crippen LogP contribution is 2.25. The van der Waals surface area contributed by atoms with Gasteiger partial charge in [0.15, 0.2) is 0 Å². The summed E-state index contributed by atoms with van der Waals surface area (Å²) in [5, 5.41) is 3.38. The van der Waals surface area contributed by atoms with Crippen LogP contribution in [-0.4, -0.2) is 35.7 Å². The van der Waals surface area contributed by atoms with Crippen molar-refractivity contribution in [2.24, 2.45) is 0 Å². The summed E-state index contributed by atoms with van der Waals surface area (Å²) in [7, 11) is 0. The lowest BCUT2D eigenvalue weighted by atomic mass is 9.92. The first-order valence-electron chi connectivity index (χ1n) is 11.7. The third-order valence-corrected chi connectivity index (χ3v) is 5.81. The molecule has 6 heteroatoms. The van der Waals surface area contributed by atoms with Gasteiger partial charge in [-0.15, -0.1) is 0 Å². The van der Waals surface area contributed by atoms with Crippen LogP contribution in [0, 0.1) is 0 Å². The van der Waals surface area contributed by atoms with Gasteiger partial charge in [-0.2, -0.15) is 0 Å². The summed E-state index contributed by atoms with van der Waals surface area (Å²) in [5.41, 5.74) is 4.37. The van der Waals surface area contributed by atoms with E-state index in [1.165, 1.54) is 12.0 Å². The number of aromatic nitrogens is 2. The topological polar surface area (TPSA) is 73.3 Å². The molecule has 1 N–H and O–H groups in total. The first kappa shape index (κ1) is 22.8. The van der Waals surface area contributed by atoms with Crippen LogP contribution in [0.15, 0.2) is 60.8 Å². The summed E-state index contributed by atoms with van der Waals surface area (Å²) in [6, 6.07) is 18.1. The summed E-state index contributed by atoms with van der Waals surface area (Å²) in [6.07, 6.45) is 5.81. The Bertz CT molecular complexity index is 1040. The molecule has 172 valence electrons. The minimum atomic E-state index is -0.195. The maximum atomic E-state index is 12.1. The Morgan fingerprint density at radius 2 is 2.00 bits per heavy atom. The first-order chi connectivity index (χ1) is 16.2. The lowest BCUT2D eigenvalue weighted by molar-refractivity contribution is -0.143. The fourth-order valence-corrected chi connectivity index (χ4v) is 4.11. The van der Waals surface area contributed by atoms with Crippen molar-refractivity contribution >= 4 is 11.8 Å². The number of esters is 1. The molecular formula is C27H31N3O3. The van der Waals surface area contributed by atoms with Gasteiger partial charge in [0.25, 0.3) is 0 Å². The maximum absolute atomic E-state index is 12.1. The minimum Gasteiger partial charge on any atom is -0.493 e. The van der Waals surface area contributed by atoms with Crippen LogP contribution >= 0.6 is 0 Å². The zero-order valence-electron chi connectivity index (χ0n) is 19.1. The molecule has 0 saturated heterocycles. The molecule has 0 spiro atoms. The van der Waals surface area contributed by atoms with Crippen LogP contribution in [0.1, 0.15) is 48.2 Å². The van der Waals surface area contributed by atoms with Crippen LogP contribution in [0.3, 0.4) is 0 Å². The second-order valence-electron chi connectivity index (χ2n) is 8.25. The summed E-state index contributed by atoms with van der Waals surface area (Å²) >= 11 is 0. The highest BCUT2D eigenvalue weighted by molar-refractivity contribution is 5.70. The third kappa shape index (κ3) is 6.54. The summed E-state index contributed by atoms with van der Waals surface area (Å²) in [4.78, 5) is 21.3. The molecule has 6 nitrogen and oxygen atoms in total. The van der Waals surface area contributed by atoms with Crippen LogP contribution in [0.5, 0.6) is 5.75 Å². The highest BCUT2D eigenvalue weighted by atomic mass is 16.5. The van der Waals surface area contributed by atoms with Gasteiger partial charge >= 0.3 is 5.97 Å². The zero-order chi connectivity index (χ0) is 22.9. The Kier molecular flexibility index (Phi) is 7.90. The number of nitrogens with one attached hydrogen (secondary N) is 1. The smallest absolute Gasteiger partial charge is 0.306 e. The molecule has 3 heterocycles. The molecule has 0 unspecified atom stereocenters. The number of hydrogen-bond donors (Lipinski definition) is 1. The average Bonchev–Trinajstić information content (AvgIpc) is 2.85. The van der Waals surface area contributed by atoms with Crippen molar-refractivity contribution in [3.8, 4) is 5.75 Å². The summed E-state index contributed by atoms with van der Waals surface area (Å²) < 4.78 is 11.1. The first-order valence-corrected chi connectivity index (χ1v) is 11.7. The molecule has 0 saturated carbocycles. The Balaban J connectivity index is 1.32. The van der Waals surface area contributed by atoms with Crippen molar-refractivity contribution in [2.45, 2.75) is 44.9 Å². The maximum Gasteiger partial charge on any atom is 0.306 e. The third-order valence-electron chi connectivity index (χ3n) is 5.81. The van der Waals surface area contributed by atoms with E-state index < -0.39 is 0 Å². The Labute approximate surface area is 195 Å². The molecule has 1 aliphatic heterocycles. The Morgan fingerprint density at radius 1 is 1.12 bits per heavy atom. The molecule has 3 aromatic rings. The minimum absolute atomic E-state index is 0.0271. The Morgan fingerprint density at radius 3 is 2.79 bits per heavy atom. The average molecular weight is 446 g/mol. The van der Waals surface area contributed by atoms with Gasteiger partial charge in [0.2, 0.25) is 0 Å². The highest BCUT2D eigenvalue weighted by Gasteiger charge is 2.19. The fourth-order valence-electron chi connectivity index (χ4n) is 4.11. The summed E-state index contributed by atoms with van der Waals surface area (Å²) in [5.74, 6) is 1.63. The van der Waals surface area contributed by atoms with E-state index in [0.29, 0.717) is 26.1 Å². The van der Waals surface area contributed by atoms with Crippen LogP contribution in [-0.2, 0) is 28.8 Å². The molecular weight excluding hydrogens is 414 g/mol. The lowest BCUT2D eigenvalue weighted by Crippen LogP contribution is -2.14. The van der Waals surface area contributed by atoms with Crippen molar-refractivity contribution in [1.82, 2.24) is 9.97 Å². The van der Waals surface area contributed by atoms with Crippen molar-refractivity contribution < 1.29 is 14.3 Å². The number of rotatable bonds is 10. The molecule has 1 aromatic carbocycles. The normalized spacial score (nSPS) is 13.5. The number of aryl methyl sites for hydroxylation is 1. The van der Waals surface area contributed by atoms with E-state index in [1.54, 1.807) is 6.20 Å². The second-order valence-corrected chi connectivity index (χ2v) is 8.25. The molecule has 0 bridgehead atoms. The largest absolute Gasteiger partial charge is 0.493 e.